The second-order valence-corrected chi connectivity index (χ2v) is 8.19. The summed E-state index contributed by atoms with van der Waals surface area (Å²) in [6.07, 6.45) is 10.0. The van der Waals surface area contributed by atoms with Crippen molar-refractivity contribution in [2.45, 2.75) is 50.1 Å². The SMILES string of the molecule is O=C(c1ccccn1)N1CCC[C@]2(C1)Nc1cccnc1NC2=NC1CCCC1. The Bertz CT molecular complexity index is 924. The fourth-order valence-electron chi connectivity index (χ4n) is 4.70. The Morgan fingerprint density at radius 2 is 1.97 bits per heavy atom. The first kappa shape index (κ1) is 18.1. The van der Waals surface area contributed by atoms with Crippen molar-refractivity contribution in [1.29, 1.82) is 0 Å². The summed E-state index contributed by atoms with van der Waals surface area (Å²) in [5.74, 6) is 1.71. The number of rotatable bonds is 2. The van der Waals surface area contributed by atoms with Gasteiger partial charge in [0.25, 0.3) is 5.91 Å². The van der Waals surface area contributed by atoms with Gasteiger partial charge in [-0.3, -0.25) is 14.8 Å². The number of nitrogens with zero attached hydrogens (tertiary/aromatic N) is 4. The Kier molecular flexibility index (Phi) is 4.66. The number of hydrogen-bond acceptors (Lipinski definition) is 5. The number of aromatic nitrogens is 2. The first-order valence-corrected chi connectivity index (χ1v) is 10.5. The molecule has 1 amide bonds. The van der Waals surface area contributed by atoms with Crippen LogP contribution in [-0.4, -0.2) is 51.3 Å². The van der Waals surface area contributed by atoms with Gasteiger partial charge in [0, 0.05) is 18.9 Å². The van der Waals surface area contributed by atoms with Crippen molar-refractivity contribution in [2.75, 3.05) is 23.7 Å². The molecular weight excluding hydrogens is 364 g/mol. The molecule has 7 nitrogen and oxygen atoms in total. The normalized spacial score (nSPS) is 25.5. The van der Waals surface area contributed by atoms with Crippen LogP contribution in [0.4, 0.5) is 11.5 Å². The number of nitrogens with one attached hydrogen (secondary N) is 2. The summed E-state index contributed by atoms with van der Waals surface area (Å²) in [6, 6.07) is 9.78. The minimum atomic E-state index is -0.415. The molecule has 2 aromatic heterocycles. The Labute approximate surface area is 170 Å². The number of piperidine rings is 1. The van der Waals surface area contributed by atoms with Crippen molar-refractivity contribution in [3.63, 3.8) is 0 Å². The van der Waals surface area contributed by atoms with Gasteiger partial charge in [0.15, 0.2) is 5.82 Å². The Morgan fingerprint density at radius 3 is 2.79 bits per heavy atom. The van der Waals surface area contributed by atoms with E-state index in [0.717, 1.165) is 49.6 Å². The molecule has 4 heterocycles. The minimum Gasteiger partial charge on any atom is -0.368 e. The van der Waals surface area contributed by atoms with Gasteiger partial charge in [-0.25, -0.2) is 4.98 Å². The van der Waals surface area contributed by atoms with Gasteiger partial charge in [0.1, 0.15) is 17.1 Å². The van der Waals surface area contributed by atoms with E-state index < -0.39 is 5.54 Å². The summed E-state index contributed by atoms with van der Waals surface area (Å²) in [4.78, 5) is 28.9. The molecule has 5 rings (SSSR count). The highest BCUT2D eigenvalue weighted by Crippen LogP contribution is 2.36. The summed E-state index contributed by atoms with van der Waals surface area (Å²) in [5.41, 5.74) is 1.04. The molecule has 150 valence electrons. The second-order valence-electron chi connectivity index (χ2n) is 8.19. The lowest BCUT2D eigenvalue weighted by atomic mass is 9.85. The topological polar surface area (TPSA) is 82.5 Å². The third-order valence-electron chi connectivity index (χ3n) is 6.17. The van der Waals surface area contributed by atoms with E-state index >= 15 is 0 Å². The maximum Gasteiger partial charge on any atom is 0.272 e. The molecule has 1 atom stereocenters. The van der Waals surface area contributed by atoms with Crippen molar-refractivity contribution in [3.05, 3.63) is 48.4 Å². The van der Waals surface area contributed by atoms with E-state index in [4.69, 9.17) is 4.99 Å². The predicted octanol–water partition coefficient (Wildman–Crippen LogP) is 3.33. The highest BCUT2D eigenvalue weighted by molar-refractivity contribution is 6.09. The van der Waals surface area contributed by atoms with Crippen LogP contribution in [0.1, 0.15) is 49.0 Å². The lowest BCUT2D eigenvalue weighted by molar-refractivity contribution is 0.0688. The number of fused-ring (bicyclic) bond motifs is 1. The van der Waals surface area contributed by atoms with Gasteiger partial charge >= 0.3 is 0 Å². The zero-order valence-electron chi connectivity index (χ0n) is 16.5. The van der Waals surface area contributed by atoms with Crippen molar-refractivity contribution < 1.29 is 4.79 Å². The number of hydrogen-bond donors (Lipinski definition) is 2. The molecule has 0 unspecified atom stereocenters. The molecular formula is C22H26N6O. The maximum atomic E-state index is 13.1. The Balaban J connectivity index is 1.48. The number of carbonyl (C=O) groups excluding carboxylic acids is 1. The first-order valence-electron chi connectivity index (χ1n) is 10.5. The standard InChI is InChI=1S/C22H26N6O/c29-20(18-9-3-4-12-23-18)28-14-6-11-22(15-28)21(25-16-7-1-2-8-16)26-19-17(27-22)10-5-13-24-19/h3-5,9-10,12-13,16,27H,1-2,6-8,11,14-15H2,(H,24,25,26)/t22-/m1/s1. The smallest absolute Gasteiger partial charge is 0.272 e. The summed E-state index contributed by atoms with van der Waals surface area (Å²) in [7, 11) is 0. The minimum absolute atomic E-state index is 0.0244. The quantitative estimate of drug-likeness (QED) is 0.822. The van der Waals surface area contributed by atoms with Crippen LogP contribution < -0.4 is 10.6 Å². The summed E-state index contributed by atoms with van der Waals surface area (Å²) in [6.45, 7) is 1.30. The molecule has 2 N–H and O–H groups in total. The molecule has 0 bridgehead atoms. The molecule has 7 heteroatoms. The molecule has 1 saturated heterocycles. The highest BCUT2D eigenvalue weighted by atomic mass is 16.2. The van der Waals surface area contributed by atoms with E-state index in [1.807, 2.05) is 29.2 Å². The molecule has 2 aliphatic heterocycles. The summed E-state index contributed by atoms with van der Waals surface area (Å²) >= 11 is 0. The van der Waals surface area contributed by atoms with E-state index in [0.29, 0.717) is 18.3 Å². The maximum absolute atomic E-state index is 13.1. The number of amides is 1. The van der Waals surface area contributed by atoms with Gasteiger partial charge in [0.05, 0.1) is 18.3 Å². The summed E-state index contributed by atoms with van der Waals surface area (Å²) < 4.78 is 0. The van der Waals surface area contributed by atoms with E-state index in [2.05, 4.69) is 20.6 Å². The second kappa shape index (κ2) is 7.46. The van der Waals surface area contributed by atoms with Crippen molar-refractivity contribution in [2.24, 2.45) is 4.99 Å². The highest BCUT2D eigenvalue weighted by Gasteiger charge is 2.45. The first-order chi connectivity index (χ1) is 14.2. The number of carbonyl (C=O) groups is 1. The molecule has 1 saturated carbocycles. The molecule has 0 aromatic carbocycles. The molecule has 1 aliphatic carbocycles. The zero-order valence-corrected chi connectivity index (χ0v) is 16.5. The van der Waals surface area contributed by atoms with Crippen LogP contribution in [0.3, 0.4) is 0 Å². The average molecular weight is 390 g/mol. The molecule has 2 fully saturated rings. The number of pyridine rings is 2. The van der Waals surface area contributed by atoms with E-state index in [-0.39, 0.29) is 5.91 Å². The van der Waals surface area contributed by atoms with E-state index in [1.54, 1.807) is 18.5 Å². The van der Waals surface area contributed by atoms with Crippen molar-refractivity contribution in [1.82, 2.24) is 14.9 Å². The largest absolute Gasteiger partial charge is 0.368 e. The molecule has 29 heavy (non-hydrogen) atoms. The lowest BCUT2D eigenvalue weighted by Gasteiger charge is -2.47. The van der Waals surface area contributed by atoms with Crippen LogP contribution in [0.2, 0.25) is 0 Å². The van der Waals surface area contributed by atoms with Gasteiger partial charge in [0.2, 0.25) is 0 Å². The number of aliphatic imine (C=N–C) groups is 1. The monoisotopic (exact) mass is 390 g/mol. The molecule has 3 aliphatic rings. The fraction of sp³-hybridized carbons (Fsp3) is 0.455. The number of anilines is 2. The third-order valence-corrected chi connectivity index (χ3v) is 6.17. The average Bonchev–Trinajstić information content (AvgIpc) is 3.28. The van der Waals surface area contributed by atoms with Crippen LogP contribution in [-0.2, 0) is 0 Å². The van der Waals surface area contributed by atoms with Crippen molar-refractivity contribution >= 4 is 23.2 Å². The van der Waals surface area contributed by atoms with Crippen LogP contribution in [0.15, 0.2) is 47.7 Å². The van der Waals surface area contributed by atoms with Gasteiger partial charge in [-0.1, -0.05) is 18.9 Å². The van der Waals surface area contributed by atoms with Crippen LogP contribution >= 0.6 is 0 Å². The Hall–Kier alpha value is -2.96. The van der Waals surface area contributed by atoms with E-state index in [1.165, 1.54) is 12.8 Å². The van der Waals surface area contributed by atoms with Crippen LogP contribution in [0.5, 0.6) is 0 Å². The molecule has 2 aromatic rings. The fourth-order valence-corrected chi connectivity index (χ4v) is 4.70. The van der Waals surface area contributed by atoms with Crippen LogP contribution in [0.25, 0.3) is 0 Å². The van der Waals surface area contributed by atoms with Gasteiger partial charge in [-0.05, 0) is 49.9 Å². The predicted molar refractivity (Wildman–Crippen MR) is 113 cm³/mol. The molecule has 1 spiro atoms. The van der Waals surface area contributed by atoms with Crippen LogP contribution in [0, 0.1) is 0 Å². The van der Waals surface area contributed by atoms with Gasteiger partial charge in [-0.2, -0.15) is 0 Å². The van der Waals surface area contributed by atoms with Gasteiger partial charge in [-0.15, -0.1) is 0 Å². The van der Waals surface area contributed by atoms with E-state index in [9.17, 15) is 4.79 Å². The van der Waals surface area contributed by atoms with Crippen molar-refractivity contribution in [3.8, 4) is 0 Å². The zero-order chi connectivity index (χ0) is 19.7. The Morgan fingerprint density at radius 1 is 1.10 bits per heavy atom. The molecule has 0 radical (unpaired) electrons. The lowest BCUT2D eigenvalue weighted by Crippen LogP contribution is -2.62. The van der Waals surface area contributed by atoms with Gasteiger partial charge < -0.3 is 15.5 Å². The number of likely N-dealkylation sites (tertiary alicyclic amines) is 1. The summed E-state index contributed by atoms with van der Waals surface area (Å²) in [5, 5.41) is 7.21. The third kappa shape index (κ3) is 3.45. The number of amidine groups is 1.